The van der Waals surface area contributed by atoms with E-state index in [4.69, 9.17) is 0 Å². The van der Waals surface area contributed by atoms with Crippen molar-refractivity contribution in [2.75, 3.05) is 7.05 Å². The van der Waals surface area contributed by atoms with Crippen molar-refractivity contribution < 1.29 is 4.79 Å². The van der Waals surface area contributed by atoms with Crippen LogP contribution in [0.4, 0.5) is 0 Å². The maximum absolute atomic E-state index is 11.9. The zero-order valence-electron chi connectivity index (χ0n) is 9.29. The van der Waals surface area contributed by atoms with E-state index in [9.17, 15) is 4.79 Å². The number of nitrogens with one attached hydrogen (secondary N) is 1. The van der Waals surface area contributed by atoms with Crippen LogP contribution in [-0.4, -0.2) is 13.0 Å². The summed E-state index contributed by atoms with van der Waals surface area (Å²) in [4.78, 5) is 11.9. The molecule has 1 aliphatic carbocycles. The van der Waals surface area contributed by atoms with E-state index in [1.807, 2.05) is 38.1 Å². The zero-order chi connectivity index (χ0) is 11.1. The minimum absolute atomic E-state index is 0.0480. The number of hydrogen-bond acceptors (Lipinski definition) is 1. The molecule has 0 radical (unpaired) electrons. The van der Waals surface area contributed by atoms with E-state index < -0.39 is 5.41 Å². The van der Waals surface area contributed by atoms with Gasteiger partial charge in [0.25, 0.3) is 0 Å². The molecule has 0 bridgehead atoms. The normalized spacial score (nSPS) is 23.3. The van der Waals surface area contributed by atoms with Gasteiger partial charge in [-0.2, -0.15) is 0 Å². The van der Waals surface area contributed by atoms with Gasteiger partial charge < -0.3 is 5.32 Å². The second kappa shape index (κ2) is 3.23. The minimum atomic E-state index is -0.505. The lowest BCUT2D eigenvalue weighted by molar-refractivity contribution is -0.124. The van der Waals surface area contributed by atoms with Gasteiger partial charge in [-0.05, 0) is 30.5 Å². The summed E-state index contributed by atoms with van der Waals surface area (Å²) in [5.41, 5.74) is 2.96. The molecule has 15 heavy (non-hydrogen) atoms. The van der Waals surface area contributed by atoms with Crippen molar-refractivity contribution in [2.24, 2.45) is 0 Å². The summed E-state index contributed by atoms with van der Waals surface area (Å²) >= 11 is 0. The number of rotatable bonds is 1. The molecule has 1 aromatic rings. The van der Waals surface area contributed by atoms with Crippen LogP contribution in [0.2, 0.25) is 0 Å². The number of likely N-dealkylation sites (N-methyl/N-ethyl adjacent to an activating group) is 1. The molecule has 1 aliphatic rings. The molecule has 0 fully saturated rings. The Morgan fingerprint density at radius 1 is 1.33 bits per heavy atom. The minimum Gasteiger partial charge on any atom is -0.358 e. The first-order chi connectivity index (χ1) is 7.09. The second-order valence-electron chi connectivity index (χ2n) is 4.15. The average Bonchev–Trinajstić information content (AvgIpc) is 2.52. The van der Waals surface area contributed by atoms with Gasteiger partial charge in [0.2, 0.25) is 5.91 Å². The Bertz CT molecular complexity index is 448. The highest BCUT2D eigenvalue weighted by molar-refractivity contribution is 5.96. The molecule has 2 rings (SSSR count). The Labute approximate surface area is 90.0 Å². The highest BCUT2D eigenvalue weighted by Gasteiger charge is 2.38. The highest BCUT2D eigenvalue weighted by Crippen LogP contribution is 2.40. The van der Waals surface area contributed by atoms with Crippen molar-refractivity contribution in [3.63, 3.8) is 0 Å². The third-order valence-corrected chi connectivity index (χ3v) is 3.12. The Morgan fingerprint density at radius 3 is 2.67 bits per heavy atom. The van der Waals surface area contributed by atoms with E-state index >= 15 is 0 Å². The molecule has 0 aliphatic heterocycles. The van der Waals surface area contributed by atoms with Gasteiger partial charge in [-0.3, -0.25) is 4.79 Å². The maximum atomic E-state index is 11.9. The number of amides is 1. The third-order valence-electron chi connectivity index (χ3n) is 3.12. The van der Waals surface area contributed by atoms with Gasteiger partial charge in [0.15, 0.2) is 0 Å². The second-order valence-corrected chi connectivity index (χ2v) is 4.15. The molecule has 1 N–H and O–H groups in total. The van der Waals surface area contributed by atoms with Crippen molar-refractivity contribution >= 4 is 11.5 Å². The van der Waals surface area contributed by atoms with Gasteiger partial charge in [0.05, 0.1) is 5.41 Å². The van der Waals surface area contributed by atoms with E-state index in [2.05, 4.69) is 11.4 Å². The van der Waals surface area contributed by atoms with Crippen molar-refractivity contribution in [2.45, 2.75) is 19.3 Å². The molecular weight excluding hydrogens is 186 g/mol. The fourth-order valence-electron chi connectivity index (χ4n) is 2.32. The zero-order valence-corrected chi connectivity index (χ0v) is 9.29. The van der Waals surface area contributed by atoms with E-state index in [-0.39, 0.29) is 5.91 Å². The molecule has 1 aromatic carbocycles. The molecule has 0 aromatic heterocycles. The van der Waals surface area contributed by atoms with Crippen LogP contribution in [0, 0.1) is 0 Å². The first-order valence-corrected chi connectivity index (χ1v) is 5.11. The van der Waals surface area contributed by atoms with Crippen LogP contribution in [0.15, 0.2) is 30.3 Å². The molecule has 78 valence electrons. The number of fused-ring (bicyclic) bond motifs is 1. The maximum Gasteiger partial charge on any atom is 0.234 e. The molecule has 0 spiro atoms. The average molecular weight is 201 g/mol. The van der Waals surface area contributed by atoms with Crippen LogP contribution in [0.25, 0.3) is 5.57 Å². The lowest BCUT2D eigenvalue weighted by atomic mass is 9.84. The SMILES string of the molecule is CNC(=O)C1(C)C=C(C)c2ccccc21. The quantitative estimate of drug-likeness (QED) is 0.740. The summed E-state index contributed by atoms with van der Waals surface area (Å²) in [5.74, 6) is 0.0480. The summed E-state index contributed by atoms with van der Waals surface area (Å²) in [6.07, 6.45) is 2.04. The molecule has 0 saturated carbocycles. The van der Waals surface area contributed by atoms with Crippen molar-refractivity contribution in [1.29, 1.82) is 0 Å². The first-order valence-electron chi connectivity index (χ1n) is 5.11. The fraction of sp³-hybridized carbons (Fsp3) is 0.308. The number of allylic oxidation sites excluding steroid dienone is 1. The van der Waals surface area contributed by atoms with Crippen LogP contribution in [-0.2, 0) is 10.2 Å². The largest absolute Gasteiger partial charge is 0.358 e. The molecule has 1 amide bonds. The number of benzene rings is 1. The molecule has 1 atom stereocenters. The van der Waals surface area contributed by atoms with Gasteiger partial charge in [-0.25, -0.2) is 0 Å². The van der Waals surface area contributed by atoms with Crippen molar-refractivity contribution in [1.82, 2.24) is 5.32 Å². The number of carbonyl (C=O) groups excluding carboxylic acids is 1. The summed E-state index contributed by atoms with van der Waals surface area (Å²) in [6.45, 7) is 4.01. The Kier molecular flexibility index (Phi) is 2.14. The lowest BCUT2D eigenvalue weighted by Gasteiger charge is -2.21. The molecule has 2 nitrogen and oxygen atoms in total. The Morgan fingerprint density at radius 2 is 2.00 bits per heavy atom. The Balaban J connectivity index is 2.60. The molecule has 1 unspecified atom stereocenters. The van der Waals surface area contributed by atoms with Gasteiger partial charge in [-0.15, -0.1) is 0 Å². The van der Waals surface area contributed by atoms with Crippen molar-refractivity contribution in [3.05, 3.63) is 41.5 Å². The first kappa shape index (κ1) is 9.97. The predicted octanol–water partition coefficient (Wildman–Crippen LogP) is 2.11. The van der Waals surface area contributed by atoms with Crippen LogP contribution >= 0.6 is 0 Å². The summed E-state index contributed by atoms with van der Waals surface area (Å²) < 4.78 is 0. The summed E-state index contributed by atoms with van der Waals surface area (Å²) in [6, 6.07) is 8.07. The summed E-state index contributed by atoms with van der Waals surface area (Å²) in [5, 5.41) is 2.73. The fourth-order valence-corrected chi connectivity index (χ4v) is 2.32. The van der Waals surface area contributed by atoms with E-state index in [0.717, 1.165) is 5.56 Å². The van der Waals surface area contributed by atoms with E-state index in [1.165, 1.54) is 11.1 Å². The van der Waals surface area contributed by atoms with Gasteiger partial charge >= 0.3 is 0 Å². The van der Waals surface area contributed by atoms with Crippen LogP contribution < -0.4 is 5.32 Å². The summed E-state index contributed by atoms with van der Waals surface area (Å²) in [7, 11) is 1.68. The van der Waals surface area contributed by atoms with Gasteiger partial charge in [0.1, 0.15) is 0 Å². The van der Waals surface area contributed by atoms with E-state index in [1.54, 1.807) is 7.05 Å². The predicted molar refractivity (Wildman–Crippen MR) is 61.5 cm³/mol. The van der Waals surface area contributed by atoms with Gasteiger partial charge in [0, 0.05) is 7.05 Å². The molecule has 2 heteroatoms. The third kappa shape index (κ3) is 1.29. The Hall–Kier alpha value is -1.57. The monoisotopic (exact) mass is 201 g/mol. The number of hydrogen-bond donors (Lipinski definition) is 1. The highest BCUT2D eigenvalue weighted by atomic mass is 16.2. The topological polar surface area (TPSA) is 29.1 Å². The van der Waals surface area contributed by atoms with E-state index in [0.29, 0.717) is 0 Å². The standard InChI is InChI=1S/C13H15NO/c1-9-8-13(2,12(15)14-3)11-7-5-4-6-10(9)11/h4-8H,1-3H3,(H,14,15). The lowest BCUT2D eigenvalue weighted by Crippen LogP contribution is -2.37. The van der Waals surface area contributed by atoms with Gasteiger partial charge in [-0.1, -0.05) is 30.3 Å². The van der Waals surface area contributed by atoms with Crippen LogP contribution in [0.5, 0.6) is 0 Å². The van der Waals surface area contributed by atoms with Crippen LogP contribution in [0.1, 0.15) is 25.0 Å². The number of carbonyl (C=O) groups is 1. The molecular formula is C13H15NO. The molecule has 0 heterocycles. The molecule has 0 saturated heterocycles. The van der Waals surface area contributed by atoms with Crippen LogP contribution in [0.3, 0.4) is 0 Å². The van der Waals surface area contributed by atoms with Crippen molar-refractivity contribution in [3.8, 4) is 0 Å². The smallest absolute Gasteiger partial charge is 0.234 e.